The van der Waals surface area contributed by atoms with Crippen LogP contribution in [0.3, 0.4) is 0 Å². The van der Waals surface area contributed by atoms with Gasteiger partial charge in [-0.15, -0.1) is 0 Å². The van der Waals surface area contributed by atoms with Crippen molar-refractivity contribution in [3.05, 3.63) is 0 Å². The summed E-state index contributed by atoms with van der Waals surface area (Å²) in [5.74, 6) is 0.239. The third kappa shape index (κ3) is 2.28. The van der Waals surface area contributed by atoms with E-state index in [2.05, 4.69) is 5.32 Å². The lowest BCUT2D eigenvalue weighted by Crippen LogP contribution is -2.52. The van der Waals surface area contributed by atoms with Crippen LogP contribution in [-0.2, 0) is 4.79 Å². The van der Waals surface area contributed by atoms with Crippen LogP contribution in [0.15, 0.2) is 0 Å². The van der Waals surface area contributed by atoms with Gasteiger partial charge in [-0.05, 0) is 25.7 Å². The number of urea groups is 1. The van der Waals surface area contributed by atoms with Gasteiger partial charge in [0.15, 0.2) is 0 Å². The normalized spacial score (nSPS) is 27.3. The van der Waals surface area contributed by atoms with Gasteiger partial charge in [0.05, 0.1) is 0 Å². The molecule has 1 aliphatic heterocycles. The van der Waals surface area contributed by atoms with Crippen molar-refractivity contribution in [2.75, 3.05) is 13.1 Å². The first-order valence-electron chi connectivity index (χ1n) is 5.87. The van der Waals surface area contributed by atoms with Crippen molar-refractivity contribution in [2.24, 2.45) is 11.1 Å². The molecule has 1 saturated carbocycles. The van der Waals surface area contributed by atoms with Crippen molar-refractivity contribution in [1.82, 2.24) is 10.2 Å². The zero-order chi connectivity index (χ0) is 11.8. The van der Waals surface area contributed by atoms with Crippen molar-refractivity contribution in [1.29, 1.82) is 0 Å². The lowest BCUT2D eigenvalue weighted by molar-refractivity contribution is -0.137. The minimum absolute atomic E-state index is 0.0255. The number of amides is 3. The molecule has 2 aliphatic rings. The van der Waals surface area contributed by atoms with Gasteiger partial charge in [0.1, 0.15) is 0 Å². The minimum atomic E-state index is -0.503. The molecule has 0 bridgehead atoms. The Labute approximate surface area is 95.3 Å². The standard InChI is InChI=1S/C11H19N3O2/c1-11(4-5-11)9(15)14-6-2-3-8(7-14)13-10(12)16/h8H,2-7H2,1H3,(H3,12,13,16)/t8-/m1/s1. The van der Waals surface area contributed by atoms with Gasteiger partial charge in [0.2, 0.25) is 5.91 Å². The van der Waals surface area contributed by atoms with E-state index in [1.165, 1.54) is 0 Å². The van der Waals surface area contributed by atoms with Crippen LogP contribution in [0.1, 0.15) is 32.6 Å². The molecule has 90 valence electrons. The highest BCUT2D eigenvalue weighted by Crippen LogP contribution is 2.46. The third-order valence-corrected chi connectivity index (χ3v) is 3.57. The summed E-state index contributed by atoms with van der Waals surface area (Å²) < 4.78 is 0. The van der Waals surface area contributed by atoms with E-state index in [1.54, 1.807) is 0 Å². The Hall–Kier alpha value is -1.26. The number of nitrogens with two attached hydrogens (primary N) is 1. The van der Waals surface area contributed by atoms with Crippen LogP contribution >= 0.6 is 0 Å². The van der Waals surface area contributed by atoms with E-state index in [-0.39, 0.29) is 17.4 Å². The quantitative estimate of drug-likeness (QED) is 0.715. The van der Waals surface area contributed by atoms with Gasteiger partial charge in [0.25, 0.3) is 0 Å². The molecule has 1 atom stereocenters. The molecular weight excluding hydrogens is 206 g/mol. The maximum atomic E-state index is 12.1. The summed E-state index contributed by atoms with van der Waals surface area (Å²) in [4.78, 5) is 24.7. The molecule has 3 N–H and O–H groups in total. The number of nitrogens with one attached hydrogen (secondary N) is 1. The highest BCUT2D eigenvalue weighted by atomic mass is 16.2. The van der Waals surface area contributed by atoms with Crippen molar-refractivity contribution in [3.8, 4) is 0 Å². The van der Waals surface area contributed by atoms with Crippen LogP contribution in [-0.4, -0.2) is 36.0 Å². The first kappa shape index (κ1) is 11.2. The van der Waals surface area contributed by atoms with Crippen LogP contribution in [0.5, 0.6) is 0 Å². The molecule has 3 amide bonds. The van der Waals surface area contributed by atoms with Crippen molar-refractivity contribution >= 4 is 11.9 Å². The SMILES string of the molecule is CC1(C(=O)N2CCC[C@@H](NC(N)=O)C2)CC1. The Bertz CT molecular complexity index is 312. The molecule has 2 rings (SSSR count). The Balaban J connectivity index is 1.91. The topological polar surface area (TPSA) is 75.4 Å². The highest BCUT2D eigenvalue weighted by molar-refractivity contribution is 5.85. The molecule has 0 radical (unpaired) electrons. The maximum Gasteiger partial charge on any atom is 0.312 e. The van der Waals surface area contributed by atoms with Crippen LogP contribution in [0, 0.1) is 5.41 Å². The number of piperidine rings is 1. The van der Waals surface area contributed by atoms with E-state index in [1.807, 2.05) is 11.8 Å². The van der Waals surface area contributed by atoms with Gasteiger partial charge in [-0.3, -0.25) is 4.79 Å². The molecule has 0 aromatic heterocycles. The monoisotopic (exact) mass is 225 g/mol. The second kappa shape index (κ2) is 3.96. The molecule has 1 heterocycles. The highest BCUT2D eigenvalue weighted by Gasteiger charge is 2.47. The average Bonchev–Trinajstić information content (AvgIpc) is 2.96. The molecule has 0 spiro atoms. The van der Waals surface area contributed by atoms with E-state index < -0.39 is 6.03 Å². The molecule has 0 unspecified atom stereocenters. The molecule has 1 aliphatic carbocycles. The fourth-order valence-electron chi connectivity index (χ4n) is 2.26. The molecule has 5 heteroatoms. The second-order valence-corrected chi connectivity index (χ2v) is 5.16. The third-order valence-electron chi connectivity index (χ3n) is 3.57. The summed E-state index contributed by atoms with van der Waals surface area (Å²) in [5.41, 5.74) is 4.97. The number of carbonyl (C=O) groups is 2. The van der Waals surface area contributed by atoms with Gasteiger partial charge >= 0.3 is 6.03 Å². The average molecular weight is 225 g/mol. The summed E-state index contributed by atoms with van der Waals surface area (Å²) in [5, 5.41) is 2.68. The van der Waals surface area contributed by atoms with Crippen molar-refractivity contribution < 1.29 is 9.59 Å². The van der Waals surface area contributed by atoms with Gasteiger partial charge < -0.3 is 16.0 Å². The number of carbonyl (C=O) groups excluding carboxylic acids is 2. The van der Waals surface area contributed by atoms with Gasteiger partial charge in [-0.2, -0.15) is 0 Å². The summed E-state index contributed by atoms with van der Waals surface area (Å²) in [6, 6.07) is -0.477. The van der Waals surface area contributed by atoms with E-state index in [0.29, 0.717) is 6.54 Å². The molecule has 0 aromatic carbocycles. The van der Waals surface area contributed by atoms with Crippen LogP contribution < -0.4 is 11.1 Å². The summed E-state index contributed by atoms with van der Waals surface area (Å²) >= 11 is 0. The van der Waals surface area contributed by atoms with Crippen LogP contribution in [0.4, 0.5) is 4.79 Å². The molecular formula is C11H19N3O2. The lowest BCUT2D eigenvalue weighted by atomic mass is 10.0. The predicted molar refractivity (Wildman–Crippen MR) is 59.7 cm³/mol. The smallest absolute Gasteiger partial charge is 0.312 e. The second-order valence-electron chi connectivity index (χ2n) is 5.16. The number of primary amides is 1. The molecule has 0 aromatic rings. The van der Waals surface area contributed by atoms with Crippen LogP contribution in [0.2, 0.25) is 0 Å². The van der Waals surface area contributed by atoms with Gasteiger partial charge in [0, 0.05) is 24.5 Å². The van der Waals surface area contributed by atoms with E-state index in [0.717, 1.165) is 32.2 Å². The first-order chi connectivity index (χ1) is 7.51. The largest absolute Gasteiger partial charge is 0.352 e. The minimum Gasteiger partial charge on any atom is -0.352 e. The first-order valence-corrected chi connectivity index (χ1v) is 5.87. The number of rotatable bonds is 2. The van der Waals surface area contributed by atoms with Crippen molar-refractivity contribution in [2.45, 2.75) is 38.6 Å². The Morgan fingerprint density at radius 1 is 1.44 bits per heavy atom. The Morgan fingerprint density at radius 2 is 2.12 bits per heavy atom. The summed E-state index contributed by atoms with van der Waals surface area (Å²) in [7, 11) is 0. The zero-order valence-electron chi connectivity index (χ0n) is 9.66. The maximum absolute atomic E-state index is 12.1. The van der Waals surface area contributed by atoms with E-state index in [4.69, 9.17) is 5.73 Å². The van der Waals surface area contributed by atoms with E-state index in [9.17, 15) is 9.59 Å². The Kier molecular flexibility index (Phi) is 2.78. The molecule has 1 saturated heterocycles. The predicted octanol–water partition coefficient (Wildman–Crippen LogP) is 0.446. The number of nitrogens with zero attached hydrogens (tertiary/aromatic N) is 1. The molecule has 5 nitrogen and oxygen atoms in total. The number of hydrogen-bond donors (Lipinski definition) is 2. The number of hydrogen-bond acceptors (Lipinski definition) is 2. The Morgan fingerprint density at radius 3 is 2.69 bits per heavy atom. The van der Waals surface area contributed by atoms with E-state index >= 15 is 0 Å². The fraction of sp³-hybridized carbons (Fsp3) is 0.818. The van der Waals surface area contributed by atoms with Crippen LogP contribution in [0.25, 0.3) is 0 Å². The summed E-state index contributed by atoms with van der Waals surface area (Å²) in [6.07, 6.45) is 3.84. The summed E-state index contributed by atoms with van der Waals surface area (Å²) in [6.45, 7) is 3.43. The molecule has 16 heavy (non-hydrogen) atoms. The molecule has 2 fully saturated rings. The lowest BCUT2D eigenvalue weighted by Gasteiger charge is -2.34. The van der Waals surface area contributed by atoms with Crippen molar-refractivity contribution in [3.63, 3.8) is 0 Å². The van der Waals surface area contributed by atoms with Gasteiger partial charge in [-0.1, -0.05) is 6.92 Å². The van der Waals surface area contributed by atoms with Gasteiger partial charge in [-0.25, -0.2) is 4.79 Å². The fourth-order valence-corrected chi connectivity index (χ4v) is 2.26. The number of likely N-dealkylation sites (tertiary alicyclic amines) is 1. The zero-order valence-corrected chi connectivity index (χ0v) is 9.66.